The molecule has 1 aliphatic carbocycles. The van der Waals surface area contributed by atoms with Crippen LogP contribution in [-0.4, -0.2) is 25.6 Å². The molecule has 20 heavy (non-hydrogen) atoms. The summed E-state index contributed by atoms with van der Waals surface area (Å²) >= 11 is 0. The first kappa shape index (κ1) is 14.9. The average Bonchev–Trinajstić information content (AvgIpc) is 2.86. The SMILES string of the molecule is CCCNC(=O)C(C)NC1CCc2ccc(OC)cc21. The summed E-state index contributed by atoms with van der Waals surface area (Å²) in [4.78, 5) is 11.9. The van der Waals surface area contributed by atoms with Gasteiger partial charge in [-0.25, -0.2) is 0 Å². The molecule has 0 aliphatic heterocycles. The summed E-state index contributed by atoms with van der Waals surface area (Å²) < 4.78 is 5.29. The van der Waals surface area contributed by atoms with Crippen molar-refractivity contribution in [2.45, 2.75) is 45.2 Å². The molecule has 0 saturated heterocycles. The number of benzene rings is 1. The van der Waals surface area contributed by atoms with Gasteiger partial charge >= 0.3 is 0 Å². The van der Waals surface area contributed by atoms with Gasteiger partial charge in [-0.3, -0.25) is 10.1 Å². The molecule has 2 atom stereocenters. The van der Waals surface area contributed by atoms with Gasteiger partial charge in [0.05, 0.1) is 13.2 Å². The van der Waals surface area contributed by atoms with E-state index in [2.05, 4.69) is 29.7 Å². The van der Waals surface area contributed by atoms with Gasteiger partial charge < -0.3 is 10.1 Å². The Morgan fingerprint density at radius 2 is 2.30 bits per heavy atom. The number of amides is 1. The van der Waals surface area contributed by atoms with Crippen LogP contribution in [0.25, 0.3) is 0 Å². The minimum Gasteiger partial charge on any atom is -0.497 e. The van der Waals surface area contributed by atoms with Crippen LogP contribution in [0, 0.1) is 0 Å². The quantitative estimate of drug-likeness (QED) is 0.837. The van der Waals surface area contributed by atoms with Crippen LogP contribution in [0.4, 0.5) is 0 Å². The zero-order valence-electron chi connectivity index (χ0n) is 12.5. The van der Waals surface area contributed by atoms with Gasteiger partial charge in [-0.2, -0.15) is 0 Å². The second kappa shape index (κ2) is 6.75. The summed E-state index contributed by atoms with van der Waals surface area (Å²) in [6.07, 6.45) is 3.05. The molecule has 2 rings (SSSR count). The Hall–Kier alpha value is -1.55. The minimum absolute atomic E-state index is 0.0724. The lowest BCUT2D eigenvalue weighted by molar-refractivity contribution is -0.122. The van der Waals surface area contributed by atoms with Crippen molar-refractivity contribution in [1.29, 1.82) is 0 Å². The highest BCUT2D eigenvalue weighted by atomic mass is 16.5. The number of carbonyl (C=O) groups excluding carboxylic acids is 1. The predicted molar refractivity (Wildman–Crippen MR) is 80.0 cm³/mol. The Bertz CT molecular complexity index is 474. The van der Waals surface area contributed by atoms with E-state index in [1.165, 1.54) is 11.1 Å². The summed E-state index contributed by atoms with van der Waals surface area (Å²) in [5, 5.41) is 6.35. The summed E-state index contributed by atoms with van der Waals surface area (Å²) in [5.41, 5.74) is 2.61. The van der Waals surface area contributed by atoms with Crippen molar-refractivity contribution in [3.05, 3.63) is 29.3 Å². The average molecular weight is 276 g/mol. The number of fused-ring (bicyclic) bond motifs is 1. The van der Waals surface area contributed by atoms with Gasteiger partial charge in [0.15, 0.2) is 0 Å². The van der Waals surface area contributed by atoms with Crippen LogP contribution in [0.2, 0.25) is 0 Å². The molecule has 0 aromatic heterocycles. The summed E-state index contributed by atoms with van der Waals surface area (Å²) in [6, 6.07) is 6.26. The molecule has 1 aliphatic rings. The third-order valence-corrected chi connectivity index (χ3v) is 3.82. The number of methoxy groups -OCH3 is 1. The van der Waals surface area contributed by atoms with Crippen molar-refractivity contribution >= 4 is 5.91 Å². The topological polar surface area (TPSA) is 50.4 Å². The van der Waals surface area contributed by atoms with Crippen LogP contribution in [0.3, 0.4) is 0 Å². The maximum Gasteiger partial charge on any atom is 0.236 e. The molecule has 1 aromatic carbocycles. The number of rotatable bonds is 6. The van der Waals surface area contributed by atoms with E-state index in [1.54, 1.807) is 7.11 Å². The van der Waals surface area contributed by atoms with Crippen LogP contribution >= 0.6 is 0 Å². The molecule has 1 amide bonds. The summed E-state index contributed by atoms with van der Waals surface area (Å²) in [6.45, 7) is 4.71. The molecule has 2 N–H and O–H groups in total. The van der Waals surface area contributed by atoms with Crippen molar-refractivity contribution in [2.75, 3.05) is 13.7 Å². The highest BCUT2D eigenvalue weighted by Crippen LogP contribution is 2.33. The highest BCUT2D eigenvalue weighted by Gasteiger charge is 2.25. The van der Waals surface area contributed by atoms with Gasteiger partial charge in [0.1, 0.15) is 5.75 Å². The van der Waals surface area contributed by atoms with E-state index in [-0.39, 0.29) is 18.0 Å². The monoisotopic (exact) mass is 276 g/mol. The number of hydrogen-bond donors (Lipinski definition) is 2. The molecule has 0 radical (unpaired) electrons. The van der Waals surface area contributed by atoms with E-state index in [9.17, 15) is 4.79 Å². The third-order valence-electron chi connectivity index (χ3n) is 3.82. The molecule has 0 spiro atoms. The molecular weight excluding hydrogens is 252 g/mol. The fraction of sp³-hybridized carbons (Fsp3) is 0.562. The van der Waals surface area contributed by atoms with Crippen molar-refractivity contribution in [3.63, 3.8) is 0 Å². The predicted octanol–water partition coefficient (Wildman–Crippen LogP) is 2.19. The number of nitrogens with one attached hydrogen (secondary N) is 2. The standard InChI is InChI=1S/C16H24N2O2/c1-4-9-17-16(19)11(2)18-15-8-6-12-5-7-13(20-3)10-14(12)15/h5,7,10-11,15,18H,4,6,8-9H2,1-3H3,(H,17,19). The van der Waals surface area contributed by atoms with Gasteiger partial charge in [0.2, 0.25) is 5.91 Å². The summed E-state index contributed by atoms with van der Waals surface area (Å²) in [5.74, 6) is 0.948. The van der Waals surface area contributed by atoms with E-state index in [1.807, 2.05) is 13.0 Å². The van der Waals surface area contributed by atoms with E-state index in [0.29, 0.717) is 0 Å². The smallest absolute Gasteiger partial charge is 0.236 e. The molecule has 0 saturated carbocycles. The fourth-order valence-corrected chi connectivity index (χ4v) is 2.66. The summed E-state index contributed by atoms with van der Waals surface area (Å²) in [7, 11) is 1.68. The van der Waals surface area contributed by atoms with Crippen LogP contribution in [-0.2, 0) is 11.2 Å². The molecule has 110 valence electrons. The first-order valence-electron chi connectivity index (χ1n) is 7.36. The Morgan fingerprint density at radius 3 is 3.00 bits per heavy atom. The first-order chi connectivity index (χ1) is 9.65. The van der Waals surface area contributed by atoms with Gasteiger partial charge in [0, 0.05) is 12.6 Å². The molecular formula is C16H24N2O2. The van der Waals surface area contributed by atoms with Crippen molar-refractivity contribution in [3.8, 4) is 5.75 Å². The zero-order valence-corrected chi connectivity index (χ0v) is 12.5. The lowest BCUT2D eigenvalue weighted by atomic mass is 10.1. The number of ether oxygens (including phenoxy) is 1. The second-order valence-corrected chi connectivity index (χ2v) is 5.34. The maximum atomic E-state index is 11.9. The van der Waals surface area contributed by atoms with Gasteiger partial charge in [0.25, 0.3) is 0 Å². The van der Waals surface area contributed by atoms with E-state index in [0.717, 1.165) is 31.6 Å². The van der Waals surface area contributed by atoms with E-state index in [4.69, 9.17) is 4.74 Å². The molecule has 4 nitrogen and oxygen atoms in total. The minimum atomic E-state index is -0.177. The Balaban J connectivity index is 2.01. The fourth-order valence-electron chi connectivity index (χ4n) is 2.66. The molecule has 0 fully saturated rings. The molecule has 0 heterocycles. The number of carbonyl (C=O) groups is 1. The van der Waals surface area contributed by atoms with Gasteiger partial charge in [-0.15, -0.1) is 0 Å². The highest BCUT2D eigenvalue weighted by molar-refractivity contribution is 5.81. The van der Waals surface area contributed by atoms with Crippen LogP contribution in [0.15, 0.2) is 18.2 Å². The maximum absolute atomic E-state index is 11.9. The van der Waals surface area contributed by atoms with Crippen molar-refractivity contribution in [1.82, 2.24) is 10.6 Å². The molecule has 0 bridgehead atoms. The van der Waals surface area contributed by atoms with Crippen molar-refractivity contribution < 1.29 is 9.53 Å². The van der Waals surface area contributed by atoms with E-state index >= 15 is 0 Å². The molecule has 4 heteroatoms. The number of aryl methyl sites for hydroxylation is 1. The third kappa shape index (κ3) is 3.31. The molecule has 2 unspecified atom stereocenters. The lowest BCUT2D eigenvalue weighted by Gasteiger charge is -2.20. The Kier molecular flexibility index (Phi) is 5.01. The second-order valence-electron chi connectivity index (χ2n) is 5.34. The first-order valence-corrected chi connectivity index (χ1v) is 7.36. The van der Waals surface area contributed by atoms with Crippen LogP contribution in [0.5, 0.6) is 5.75 Å². The number of hydrogen-bond acceptors (Lipinski definition) is 3. The van der Waals surface area contributed by atoms with Crippen LogP contribution in [0.1, 0.15) is 43.9 Å². The molecule has 1 aromatic rings. The van der Waals surface area contributed by atoms with Gasteiger partial charge in [-0.05, 0) is 49.4 Å². The van der Waals surface area contributed by atoms with Crippen molar-refractivity contribution in [2.24, 2.45) is 0 Å². The normalized spacial score (nSPS) is 18.4. The Labute approximate surface area is 120 Å². The lowest BCUT2D eigenvalue weighted by Crippen LogP contribution is -2.43. The van der Waals surface area contributed by atoms with E-state index < -0.39 is 0 Å². The largest absolute Gasteiger partial charge is 0.497 e. The Morgan fingerprint density at radius 1 is 1.50 bits per heavy atom. The van der Waals surface area contributed by atoms with Crippen LogP contribution < -0.4 is 15.4 Å². The van der Waals surface area contributed by atoms with Gasteiger partial charge in [-0.1, -0.05) is 13.0 Å². The zero-order chi connectivity index (χ0) is 14.5.